The van der Waals surface area contributed by atoms with Crippen molar-refractivity contribution in [1.82, 2.24) is 14.7 Å². The Balaban J connectivity index is 5.00. The van der Waals surface area contributed by atoms with Gasteiger partial charge in [0.15, 0.2) is 0 Å². The van der Waals surface area contributed by atoms with Crippen LogP contribution in [0.1, 0.15) is 39.5 Å². The van der Waals surface area contributed by atoms with E-state index in [1.807, 2.05) is 4.90 Å². The number of hydrogen-bond donors (Lipinski definition) is 0. The van der Waals surface area contributed by atoms with Crippen molar-refractivity contribution >= 4 is 23.9 Å². The van der Waals surface area contributed by atoms with Crippen molar-refractivity contribution in [1.29, 1.82) is 0 Å². The maximum absolute atomic E-state index is 11.7. The predicted octanol–water partition coefficient (Wildman–Crippen LogP) is 0.555. The molecule has 0 aliphatic heterocycles. The lowest BCUT2D eigenvalue weighted by Crippen LogP contribution is -2.42. The first-order valence-corrected chi connectivity index (χ1v) is 11.8. The number of methoxy groups -OCH3 is 3. The molecule has 0 rings (SSSR count). The third kappa shape index (κ3) is 17.3. The summed E-state index contributed by atoms with van der Waals surface area (Å²) in [6.45, 7) is 9.49. The van der Waals surface area contributed by atoms with E-state index in [0.717, 1.165) is 19.5 Å². The van der Waals surface area contributed by atoms with E-state index >= 15 is 0 Å². The minimum absolute atomic E-state index is 0.222. The van der Waals surface area contributed by atoms with Gasteiger partial charge in [-0.1, -0.05) is 6.92 Å². The molecule has 0 unspecified atom stereocenters. The molecule has 0 N–H and O–H groups in total. The van der Waals surface area contributed by atoms with Gasteiger partial charge in [0.2, 0.25) is 0 Å². The molecular weight excluding hydrogens is 446 g/mol. The van der Waals surface area contributed by atoms with Crippen molar-refractivity contribution in [3.63, 3.8) is 0 Å². The molecule has 198 valence electrons. The van der Waals surface area contributed by atoms with E-state index < -0.39 is 0 Å². The summed E-state index contributed by atoms with van der Waals surface area (Å²) in [7, 11) is 4.06. The lowest BCUT2D eigenvalue weighted by atomic mass is 10.3. The van der Waals surface area contributed by atoms with Gasteiger partial charge in [-0.3, -0.25) is 24.1 Å². The Hall–Kier alpha value is -2.24. The van der Waals surface area contributed by atoms with Crippen LogP contribution in [0.4, 0.5) is 0 Å². The van der Waals surface area contributed by atoms with E-state index in [0.29, 0.717) is 52.4 Å². The molecule has 0 aromatic carbocycles. The quantitative estimate of drug-likeness (QED) is 0.176. The largest absolute Gasteiger partial charge is 0.469 e. The topological polar surface area (TPSA) is 115 Å². The fourth-order valence-electron chi connectivity index (χ4n) is 3.26. The zero-order valence-corrected chi connectivity index (χ0v) is 21.5. The van der Waals surface area contributed by atoms with Gasteiger partial charge in [0.1, 0.15) is 6.61 Å². The molecule has 0 atom stereocenters. The minimum Gasteiger partial charge on any atom is -0.469 e. The van der Waals surface area contributed by atoms with Gasteiger partial charge in [-0.2, -0.15) is 0 Å². The normalized spacial score (nSPS) is 11.1. The number of ether oxygens (including phenoxy) is 4. The SMILES string of the molecule is CCCN(CCOC(C)=O)CCN(CCC(=O)OC)CCN(CCC(=O)OC)CCC(=O)OC. The molecule has 0 radical (unpaired) electrons. The van der Waals surface area contributed by atoms with Crippen molar-refractivity contribution in [2.45, 2.75) is 39.5 Å². The molecule has 0 aromatic rings. The predicted molar refractivity (Wildman–Crippen MR) is 126 cm³/mol. The first kappa shape index (κ1) is 31.8. The monoisotopic (exact) mass is 489 g/mol. The maximum Gasteiger partial charge on any atom is 0.306 e. The Kier molecular flexibility index (Phi) is 18.8. The van der Waals surface area contributed by atoms with Crippen LogP contribution >= 0.6 is 0 Å². The Morgan fingerprint density at radius 3 is 1.24 bits per heavy atom. The van der Waals surface area contributed by atoms with Crippen LogP contribution in [0, 0.1) is 0 Å². The van der Waals surface area contributed by atoms with Crippen LogP contribution < -0.4 is 0 Å². The van der Waals surface area contributed by atoms with Crippen molar-refractivity contribution in [3.05, 3.63) is 0 Å². The summed E-state index contributed by atoms with van der Waals surface area (Å²) >= 11 is 0. The third-order valence-corrected chi connectivity index (χ3v) is 5.30. The van der Waals surface area contributed by atoms with Gasteiger partial charge < -0.3 is 28.7 Å². The van der Waals surface area contributed by atoms with Gasteiger partial charge >= 0.3 is 23.9 Å². The molecule has 11 heteroatoms. The van der Waals surface area contributed by atoms with Crippen LogP contribution in [0.15, 0.2) is 0 Å². The van der Waals surface area contributed by atoms with Gasteiger partial charge in [0, 0.05) is 59.3 Å². The molecule has 0 heterocycles. The molecule has 0 saturated carbocycles. The highest BCUT2D eigenvalue weighted by molar-refractivity contribution is 5.70. The smallest absolute Gasteiger partial charge is 0.306 e. The van der Waals surface area contributed by atoms with Crippen LogP contribution in [0.25, 0.3) is 0 Å². The average molecular weight is 490 g/mol. The number of nitrogens with zero attached hydrogens (tertiary/aromatic N) is 3. The van der Waals surface area contributed by atoms with E-state index in [1.54, 1.807) is 0 Å². The molecular formula is C23H43N3O8. The van der Waals surface area contributed by atoms with Gasteiger partial charge in [-0.15, -0.1) is 0 Å². The van der Waals surface area contributed by atoms with Crippen molar-refractivity contribution in [2.24, 2.45) is 0 Å². The molecule has 0 bridgehead atoms. The average Bonchev–Trinajstić information content (AvgIpc) is 2.83. The first-order chi connectivity index (χ1) is 16.2. The fourth-order valence-corrected chi connectivity index (χ4v) is 3.26. The Bertz CT molecular complexity index is 583. The maximum atomic E-state index is 11.7. The summed E-state index contributed by atoms with van der Waals surface area (Å²) in [5, 5.41) is 0. The van der Waals surface area contributed by atoms with Crippen LogP contribution in [0.2, 0.25) is 0 Å². The molecule has 0 amide bonds. The summed E-state index contributed by atoms with van der Waals surface area (Å²) < 4.78 is 19.3. The van der Waals surface area contributed by atoms with Crippen LogP contribution in [0.5, 0.6) is 0 Å². The molecule has 0 spiro atoms. The molecule has 0 fully saturated rings. The van der Waals surface area contributed by atoms with E-state index in [2.05, 4.69) is 16.7 Å². The highest BCUT2D eigenvalue weighted by atomic mass is 16.5. The standard InChI is InChI=1S/C23H43N3O8/c1-6-10-24(18-19-34-20(2)27)14-16-26(13-9-23(30)33-5)17-15-25(11-7-21(28)31-3)12-8-22(29)32-4/h6-19H2,1-5H3. The second kappa shape index (κ2) is 20.2. The number of esters is 4. The third-order valence-electron chi connectivity index (χ3n) is 5.30. The van der Waals surface area contributed by atoms with E-state index in [9.17, 15) is 19.2 Å². The highest BCUT2D eigenvalue weighted by Gasteiger charge is 2.16. The second-order valence-electron chi connectivity index (χ2n) is 7.84. The fraction of sp³-hybridized carbons (Fsp3) is 0.826. The number of carbonyl (C=O) groups excluding carboxylic acids is 4. The van der Waals surface area contributed by atoms with Crippen molar-refractivity contribution in [3.8, 4) is 0 Å². The lowest BCUT2D eigenvalue weighted by Gasteiger charge is -2.29. The van der Waals surface area contributed by atoms with Crippen molar-refractivity contribution in [2.75, 3.05) is 86.8 Å². The van der Waals surface area contributed by atoms with E-state index in [1.165, 1.54) is 28.3 Å². The molecule has 11 nitrogen and oxygen atoms in total. The number of hydrogen-bond acceptors (Lipinski definition) is 11. The van der Waals surface area contributed by atoms with Gasteiger partial charge in [0.05, 0.1) is 40.6 Å². The second-order valence-corrected chi connectivity index (χ2v) is 7.84. The number of rotatable bonds is 20. The molecule has 0 aromatic heterocycles. The molecule has 0 aliphatic rings. The van der Waals surface area contributed by atoms with Gasteiger partial charge in [-0.05, 0) is 13.0 Å². The molecule has 34 heavy (non-hydrogen) atoms. The zero-order valence-electron chi connectivity index (χ0n) is 21.5. The summed E-state index contributed by atoms with van der Waals surface area (Å²) in [6, 6.07) is 0. The van der Waals surface area contributed by atoms with Gasteiger partial charge in [-0.25, -0.2) is 0 Å². The zero-order chi connectivity index (χ0) is 25.8. The van der Waals surface area contributed by atoms with Gasteiger partial charge in [0.25, 0.3) is 0 Å². The Labute approximate surface area is 203 Å². The lowest BCUT2D eigenvalue weighted by molar-refractivity contribution is -0.142. The Morgan fingerprint density at radius 2 is 0.912 bits per heavy atom. The number of carbonyl (C=O) groups is 4. The van der Waals surface area contributed by atoms with Crippen LogP contribution in [-0.4, -0.2) is 125 Å². The van der Waals surface area contributed by atoms with E-state index in [4.69, 9.17) is 18.9 Å². The molecule has 0 aliphatic carbocycles. The highest BCUT2D eigenvalue weighted by Crippen LogP contribution is 2.02. The van der Waals surface area contributed by atoms with Crippen LogP contribution in [-0.2, 0) is 38.1 Å². The first-order valence-electron chi connectivity index (χ1n) is 11.8. The Morgan fingerprint density at radius 1 is 0.559 bits per heavy atom. The summed E-state index contributed by atoms with van der Waals surface area (Å²) in [5.41, 5.74) is 0. The minimum atomic E-state index is -0.311. The van der Waals surface area contributed by atoms with Crippen molar-refractivity contribution < 1.29 is 38.1 Å². The van der Waals surface area contributed by atoms with Crippen LogP contribution in [0.3, 0.4) is 0 Å². The summed E-state index contributed by atoms with van der Waals surface area (Å²) in [6.07, 6.45) is 1.68. The van der Waals surface area contributed by atoms with E-state index in [-0.39, 0.29) is 43.1 Å². The molecule has 0 saturated heterocycles. The summed E-state index contributed by atoms with van der Waals surface area (Å²) in [4.78, 5) is 52.3. The summed E-state index contributed by atoms with van der Waals surface area (Å²) in [5.74, 6) is -1.20.